The van der Waals surface area contributed by atoms with E-state index in [4.69, 9.17) is 30.4 Å². The second-order valence-electron chi connectivity index (χ2n) is 9.52. The van der Waals surface area contributed by atoms with Crippen molar-refractivity contribution in [2.45, 2.75) is 77.8 Å². The van der Waals surface area contributed by atoms with Crippen molar-refractivity contribution in [2.75, 3.05) is 13.9 Å². The molecule has 0 unspecified atom stereocenters. The number of hydrogen-bond acceptors (Lipinski definition) is 4. The Morgan fingerprint density at radius 1 is 1.10 bits per heavy atom. The van der Waals surface area contributed by atoms with Crippen LogP contribution in [-0.4, -0.2) is 40.3 Å². The van der Waals surface area contributed by atoms with Gasteiger partial charge in [-0.15, -0.1) is 11.5 Å². The van der Waals surface area contributed by atoms with Crippen LogP contribution in [0.25, 0.3) is 0 Å². The third-order valence-electron chi connectivity index (χ3n) is 5.25. The molecule has 1 aromatic carbocycles. The van der Waals surface area contributed by atoms with Gasteiger partial charge in [-0.05, 0) is 63.7 Å². The second kappa shape index (κ2) is 9.45. The van der Waals surface area contributed by atoms with Gasteiger partial charge in [-0.3, -0.25) is 0 Å². The zero-order valence-corrected chi connectivity index (χ0v) is 20.8. The fourth-order valence-corrected chi connectivity index (χ4v) is 3.93. The highest BCUT2D eigenvalue weighted by molar-refractivity contribution is 6.83. The van der Waals surface area contributed by atoms with Crippen molar-refractivity contribution in [2.24, 2.45) is 0 Å². The van der Waals surface area contributed by atoms with Crippen molar-refractivity contribution < 1.29 is 18.8 Å². The molecular weight excluding hydrogens is 403 g/mol. The van der Waals surface area contributed by atoms with Gasteiger partial charge in [-0.25, -0.2) is 0 Å². The molecule has 1 aliphatic rings. The van der Waals surface area contributed by atoms with Crippen LogP contribution >= 0.6 is 11.6 Å². The topological polar surface area (TPSA) is 36.9 Å². The lowest BCUT2D eigenvalue weighted by atomic mass is 9.74. The van der Waals surface area contributed by atoms with Crippen molar-refractivity contribution in [3.05, 3.63) is 22.7 Å². The summed E-state index contributed by atoms with van der Waals surface area (Å²) in [5, 5.41) is 0.654. The SMILES string of the molecule is COCOc1cc(Cl)c(CCCC#C[Si](C)(C)C)c(B2OC(C)(C)C(C)(C)O2)c1. The molecule has 2 rings (SSSR count). The molecule has 1 heterocycles. The van der Waals surface area contributed by atoms with Crippen LogP contribution in [-0.2, 0) is 20.5 Å². The van der Waals surface area contributed by atoms with Crippen molar-refractivity contribution in [1.29, 1.82) is 0 Å². The minimum Gasteiger partial charge on any atom is -0.468 e. The highest BCUT2D eigenvalue weighted by Gasteiger charge is 2.52. The van der Waals surface area contributed by atoms with Crippen LogP contribution in [0.2, 0.25) is 24.7 Å². The maximum Gasteiger partial charge on any atom is 0.495 e. The summed E-state index contributed by atoms with van der Waals surface area (Å²) in [4.78, 5) is 0. The van der Waals surface area contributed by atoms with Gasteiger partial charge in [-0.1, -0.05) is 31.2 Å². The Morgan fingerprint density at radius 3 is 2.28 bits per heavy atom. The van der Waals surface area contributed by atoms with Gasteiger partial charge in [0.25, 0.3) is 0 Å². The van der Waals surface area contributed by atoms with E-state index in [-0.39, 0.29) is 6.79 Å². The average Bonchev–Trinajstić information content (AvgIpc) is 2.80. The molecular formula is C22H34BClO4Si. The highest BCUT2D eigenvalue weighted by atomic mass is 35.5. The van der Waals surface area contributed by atoms with Crippen LogP contribution in [0.4, 0.5) is 0 Å². The van der Waals surface area contributed by atoms with Gasteiger partial charge in [0.1, 0.15) is 13.8 Å². The predicted molar refractivity (Wildman–Crippen MR) is 124 cm³/mol. The minimum atomic E-state index is -1.34. The molecule has 1 saturated heterocycles. The fraction of sp³-hybridized carbons (Fsp3) is 0.636. The van der Waals surface area contributed by atoms with E-state index in [9.17, 15) is 0 Å². The van der Waals surface area contributed by atoms with E-state index >= 15 is 0 Å². The first-order valence-corrected chi connectivity index (χ1v) is 14.0. The number of ether oxygens (including phenoxy) is 2. The number of halogens is 1. The molecule has 0 aromatic heterocycles. The van der Waals surface area contributed by atoms with E-state index in [1.54, 1.807) is 7.11 Å². The quantitative estimate of drug-likeness (QED) is 0.266. The summed E-state index contributed by atoms with van der Waals surface area (Å²) in [6.07, 6.45) is 2.59. The van der Waals surface area contributed by atoms with Crippen LogP contribution < -0.4 is 10.2 Å². The maximum absolute atomic E-state index is 6.66. The zero-order valence-electron chi connectivity index (χ0n) is 19.1. The molecule has 29 heavy (non-hydrogen) atoms. The molecule has 0 N–H and O–H groups in total. The summed E-state index contributed by atoms with van der Waals surface area (Å²) in [7, 11) is -0.241. The smallest absolute Gasteiger partial charge is 0.468 e. The second-order valence-corrected chi connectivity index (χ2v) is 14.7. The number of hydrogen-bond donors (Lipinski definition) is 0. The van der Waals surface area contributed by atoms with Crippen LogP contribution in [0.3, 0.4) is 0 Å². The zero-order chi connectivity index (χ0) is 21.9. The minimum absolute atomic E-state index is 0.158. The summed E-state index contributed by atoms with van der Waals surface area (Å²) in [6, 6.07) is 3.79. The molecule has 0 bridgehead atoms. The van der Waals surface area contributed by atoms with Gasteiger partial charge in [0.2, 0.25) is 0 Å². The highest BCUT2D eigenvalue weighted by Crippen LogP contribution is 2.37. The molecule has 0 atom stereocenters. The van der Waals surface area contributed by atoms with E-state index < -0.39 is 26.4 Å². The van der Waals surface area contributed by atoms with Crippen molar-refractivity contribution in [1.82, 2.24) is 0 Å². The largest absolute Gasteiger partial charge is 0.495 e. The van der Waals surface area contributed by atoms with Crippen molar-refractivity contribution >= 4 is 32.3 Å². The van der Waals surface area contributed by atoms with Gasteiger partial charge in [0.05, 0.1) is 11.2 Å². The molecule has 160 valence electrons. The lowest BCUT2D eigenvalue weighted by molar-refractivity contribution is 0.00578. The molecule has 1 aliphatic heterocycles. The third kappa shape index (κ3) is 6.50. The molecule has 0 radical (unpaired) electrons. The first-order valence-electron chi connectivity index (χ1n) is 10.2. The van der Waals surface area contributed by atoms with Crippen molar-refractivity contribution in [3.63, 3.8) is 0 Å². The molecule has 1 fully saturated rings. The lowest BCUT2D eigenvalue weighted by Gasteiger charge is -2.32. The van der Waals surface area contributed by atoms with Crippen LogP contribution in [0.15, 0.2) is 12.1 Å². The Bertz CT molecular complexity index is 761. The van der Waals surface area contributed by atoms with E-state index in [1.807, 2.05) is 39.8 Å². The fourth-order valence-electron chi connectivity index (χ4n) is 2.97. The van der Waals surface area contributed by atoms with Crippen molar-refractivity contribution in [3.8, 4) is 17.2 Å². The Hall–Kier alpha value is -0.968. The van der Waals surface area contributed by atoms with Gasteiger partial charge < -0.3 is 18.8 Å². The summed E-state index contributed by atoms with van der Waals surface area (Å²) < 4.78 is 23.2. The summed E-state index contributed by atoms with van der Waals surface area (Å²) in [5.41, 5.74) is 4.52. The number of rotatable bonds is 7. The summed E-state index contributed by atoms with van der Waals surface area (Å²) in [5.74, 6) is 3.98. The van der Waals surface area contributed by atoms with Crippen LogP contribution in [0.1, 0.15) is 46.1 Å². The normalized spacial score (nSPS) is 17.8. The van der Waals surface area contributed by atoms with Gasteiger partial charge in [-0.2, -0.15) is 0 Å². The van der Waals surface area contributed by atoms with Crippen LogP contribution in [0, 0.1) is 11.5 Å². The standard InChI is InChI=1S/C22H34BClO4Si/c1-21(2)22(3,4)28-23(27-21)19-14-17(26-16-25-5)15-20(24)18(19)12-10-9-11-13-29(6,7)8/h14-15H,9-10,12,16H2,1-8H3. The monoisotopic (exact) mass is 436 g/mol. The van der Waals surface area contributed by atoms with Gasteiger partial charge in [0, 0.05) is 18.6 Å². The molecule has 0 saturated carbocycles. The first-order chi connectivity index (χ1) is 13.4. The summed E-state index contributed by atoms with van der Waals surface area (Å²) in [6.45, 7) is 15.1. The Labute approximate surface area is 182 Å². The molecule has 0 spiro atoms. The van der Waals surface area contributed by atoms with E-state index in [0.29, 0.717) is 10.8 Å². The van der Waals surface area contributed by atoms with E-state index in [0.717, 1.165) is 30.3 Å². The Kier molecular flexibility index (Phi) is 7.92. The number of unbranched alkanes of at least 4 members (excludes halogenated alkanes) is 1. The number of methoxy groups -OCH3 is 1. The first kappa shape index (κ1) is 24.3. The predicted octanol–water partition coefficient (Wildman–Crippen LogP) is 4.83. The van der Waals surface area contributed by atoms with E-state index in [1.165, 1.54) is 0 Å². The molecule has 0 aliphatic carbocycles. The van der Waals surface area contributed by atoms with Gasteiger partial charge >= 0.3 is 7.12 Å². The van der Waals surface area contributed by atoms with Crippen LogP contribution in [0.5, 0.6) is 5.75 Å². The van der Waals surface area contributed by atoms with Gasteiger partial charge in [0.15, 0.2) is 6.79 Å². The lowest BCUT2D eigenvalue weighted by Crippen LogP contribution is -2.41. The molecule has 0 amide bonds. The Morgan fingerprint density at radius 2 is 1.72 bits per heavy atom. The Balaban J connectivity index is 2.28. The molecule has 7 heteroatoms. The van der Waals surface area contributed by atoms with E-state index in [2.05, 4.69) is 31.1 Å². The molecule has 1 aromatic rings. The summed E-state index contributed by atoms with van der Waals surface area (Å²) >= 11 is 6.66. The third-order valence-corrected chi connectivity index (χ3v) is 6.51. The average molecular weight is 437 g/mol. The molecule has 4 nitrogen and oxygen atoms in total. The number of benzene rings is 1. The maximum atomic E-state index is 6.66.